The minimum atomic E-state index is -1.29. The van der Waals surface area contributed by atoms with Crippen molar-refractivity contribution in [3.05, 3.63) is 17.2 Å². The van der Waals surface area contributed by atoms with Gasteiger partial charge in [0.05, 0.1) is 12.5 Å². The molecule has 1 atom stereocenters. The van der Waals surface area contributed by atoms with Crippen LogP contribution in [0.2, 0.25) is 0 Å². The molecule has 46 valence electrons. The minimum absolute atomic E-state index is 1.29. The van der Waals surface area contributed by atoms with Gasteiger partial charge in [0.2, 0.25) is 0 Å². The van der Waals surface area contributed by atoms with E-state index in [4.69, 9.17) is 0 Å². The highest BCUT2D eigenvalue weighted by atomic mass is 32.2. The molecule has 0 fully saturated rings. The molecule has 0 N–H and O–H groups in total. The monoisotopic (exact) mass is 132 g/mol. The summed E-state index contributed by atoms with van der Waals surface area (Å²) in [6.45, 7) is 1.80. The number of hydrogen-bond donors (Lipinski definition) is 0. The lowest BCUT2D eigenvalue weighted by Crippen LogP contribution is -1.82. The fourth-order valence-electron chi connectivity index (χ4n) is 0.172. The second-order valence-corrected chi connectivity index (χ2v) is 2.09. The second-order valence-electron chi connectivity index (χ2n) is 1.00. The van der Waals surface area contributed by atoms with Crippen molar-refractivity contribution in [3.63, 3.8) is 0 Å². The normalized spacial score (nSPS) is 11.8. The highest BCUT2D eigenvalue weighted by Gasteiger charge is 1.81. The van der Waals surface area contributed by atoms with Crippen LogP contribution < -0.4 is 0 Å². The average Bonchev–Trinajstić information content (AvgIpc) is 1.83. The molecule has 0 spiro atoms. The zero-order chi connectivity index (χ0) is 6.41. The first-order chi connectivity index (χ1) is 3.81. The van der Waals surface area contributed by atoms with E-state index >= 15 is 0 Å². The zero-order valence-corrected chi connectivity index (χ0v) is 5.70. The van der Waals surface area contributed by atoms with Crippen LogP contribution >= 0.6 is 0 Å². The van der Waals surface area contributed by atoms with Crippen LogP contribution in [0.4, 0.5) is 0 Å². The molecule has 0 aliphatic carbocycles. The van der Waals surface area contributed by atoms with Crippen LogP contribution in [-0.4, -0.2) is 11.3 Å². The molecular formula is C5H8O2S. The number of hydrogen-bond acceptors (Lipinski definition) is 2. The predicted octanol–water partition coefficient (Wildman–Crippen LogP) is 0.985. The van der Waals surface area contributed by atoms with Gasteiger partial charge in [-0.15, -0.1) is 5.73 Å². The van der Waals surface area contributed by atoms with Gasteiger partial charge < -0.3 is 0 Å². The standard InChI is InChI=1S/C5H8O2S/c1-3-4-5-8(6)7-2/h3,5H,1-2H3. The summed E-state index contributed by atoms with van der Waals surface area (Å²) in [6, 6.07) is 0. The van der Waals surface area contributed by atoms with Gasteiger partial charge in [-0.05, 0) is 13.0 Å². The van der Waals surface area contributed by atoms with E-state index in [1.54, 1.807) is 13.0 Å². The largest absolute Gasteiger partial charge is 0.290 e. The molecule has 1 unspecified atom stereocenters. The number of rotatable bonds is 2. The van der Waals surface area contributed by atoms with Gasteiger partial charge >= 0.3 is 0 Å². The Balaban J connectivity index is 3.71. The highest BCUT2D eigenvalue weighted by Crippen LogP contribution is 1.80. The van der Waals surface area contributed by atoms with Crippen molar-refractivity contribution in [1.29, 1.82) is 0 Å². The summed E-state index contributed by atoms with van der Waals surface area (Å²) in [6.07, 6.45) is 1.66. The van der Waals surface area contributed by atoms with E-state index in [-0.39, 0.29) is 0 Å². The van der Waals surface area contributed by atoms with Crippen LogP contribution in [0.3, 0.4) is 0 Å². The molecule has 0 aliphatic heterocycles. The van der Waals surface area contributed by atoms with Crippen molar-refractivity contribution in [3.8, 4) is 0 Å². The fraction of sp³-hybridized carbons (Fsp3) is 0.400. The van der Waals surface area contributed by atoms with Crippen LogP contribution in [-0.2, 0) is 15.3 Å². The molecule has 0 radical (unpaired) electrons. The van der Waals surface area contributed by atoms with Crippen molar-refractivity contribution in [1.82, 2.24) is 0 Å². The molecule has 2 nitrogen and oxygen atoms in total. The lowest BCUT2D eigenvalue weighted by atomic mass is 10.7. The van der Waals surface area contributed by atoms with Crippen LogP contribution in [0.25, 0.3) is 0 Å². The molecule has 0 aromatic carbocycles. The fourth-order valence-corrected chi connectivity index (χ4v) is 0.515. The third-order valence-electron chi connectivity index (χ3n) is 0.495. The summed E-state index contributed by atoms with van der Waals surface area (Å²) < 4.78 is 14.7. The molecule has 8 heavy (non-hydrogen) atoms. The molecule has 3 heteroatoms. The summed E-state index contributed by atoms with van der Waals surface area (Å²) in [5, 5.41) is 1.35. The van der Waals surface area contributed by atoms with Gasteiger partial charge in [0.25, 0.3) is 0 Å². The van der Waals surface area contributed by atoms with E-state index in [0.717, 1.165) is 0 Å². The van der Waals surface area contributed by atoms with E-state index in [1.165, 1.54) is 12.5 Å². The molecule has 0 rings (SSSR count). The molecule has 0 bridgehead atoms. The quantitative estimate of drug-likeness (QED) is 0.524. The van der Waals surface area contributed by atoms with E-state index in [9.17, 15) is 4.21 Å². The van der Waals surface area contributed by atoms with E-state index in [2.05, 4.69) is 9.91 Å². The van der Waals surface area contributed by atoms with Gasteiger partial charge in [-0.1, -0.05) is 0 Å². The molecule has 0 aliphatic rings. The van der Waals surface area contributed by atoms with Crippen molar-refractivity contribution in [2.45, 2.75) is 6.92 Å². The van der Waals surface area contributed by atoms with Crippen LogP contribution in [0.1, 0.15) is 6.92 Å². The molecule has 0 saturated carbocycles. The van der Waals surface area contributed by atoms with Crippen molar-refractivity contribution >= 4 is 11.1 Å². The first kappa shape index (κ1) is 7.63. The summed E-state index contributed by atoms with van der Waals surface area (Å²) in [7, 11) is 1.38. The summed E-state index contributed by atoms with van der Waals surface area (Å²) >= 11 is -1.29. The summed E-state index contributed by atoms with van der Waals surface area (Å²) in [5.74, 6) is 0. The maximum Gasteiger partial charge on any atom is 0.189 e. The minimum Gasteiger partial charge on any atom is -0.290 e. The van der Waals surface area contributed by atoms with Crippen LogP contribution in [0.5, 0.6) is 0 Å². The Morgan fingerprint density at radius 1 is 1.75 bits per heavy atom. The molecule has 0 amide bonds. The van der Waals surface area contributed by atoms with Gasteiger partial charge in [0, 0.05) is 0 Å². The molecule has 0 aromatic rings. The highest BCUT2D eigenvalue weighted by molar-refractivity contribution is 7.83. The lowest BCUT2D eigenvalue weighted by molar-refractivity contribution is 0.452. The third-order valence-corrected chi connectivity index (χ3v) is 1.15. The van der Waals surface area contributed by atoms with Crippen molar-refractivity contribution in [2.75, 3.05) is 7.11 Å². The topological polar surface area (TPSA) is 26.3 Å². The lowest BCUT2D eigenvalue weighted by Gasteiger charge is -1.81. The number of allylic oxidation sites excluding steroid dienone is 1. The Kier molecular flexibility index (Phi) is 4.56. The maximum atomic E-state index is 10.3. The average molecular weight is 132 g/mol. The maximum absolute atomic E-state index is 10.3. The predicted molar refractivity (Wildman–Crippen MR) is 33.5 cm³/mol. The van der Waals surface area contributed by atoms with E-state index in [0.29, 0.717) is 0 Å². The third kappa shape index (κ3) is 3.81. The smallest absolute Gasteiger partial charge is 0.189 e. The summed E-state index contributed by atoms with van der Waals surface area (Å²) in [4.78, 5) is 0. The second kappa shape index (κ2) is 4.78. The van der Waals surface area contributed by atoms with Gasteiger partial charge in [-0.25, -0.2) is 4.21 Å². The van der Waals surface area contributed by atoms with Gasteiger partial charge in [0.15, 0.2) is 11.1 Å². The van der Waals surface area contributed by atoms with Crippen molar-refractivity contribution < 1.29 is 8.39 Å². The van der Waals surface area contributed by atoms with E-state index in [1.807, 2.05) is 0 Å². The Hall–Kier alpha value is -0.370. The Morgan fingerprint density at radius 3 is 2.75 bits per heavy atom. The SMILES string of the molecule is CC=C=CS(=O)OC. The van der Waals surface area contributed by atoms with Gasteiger partial charge in [-0.2, -0.15) is 0 Å². The zero-order valence-electron chi connectivity index (χ0n) is 4.88. The van der Waals surface area contributed by atoms with Crippen LogP contribution in [0, 0.1) is 0 Å². The van der Waals surface area contributed by atoms with Gasteiger partial charge in [0.1, 0.15) is 0 Å². The first-order valence-corrected chi connectivity index (χ1v) is 3.27. The molecular weight excluding hydrogens is 124 g/mol. The molecule has 0 heterocycles. The van der Waals surface area contributed by atoms with Crippen LogP contribution in [0.15, 0.2) is 17.2 Å². The molecule has 0 saturated heterocycles. The Morgan fingerprint density at radius 2 is 2.38 bits per heavy atom. The van der Waals surface area contributed by atoms with E-state index < -0.39 is 11.1 Å². The Labute approximate surface area is 51.5 Å². The Bertz CT molecular complexity index is 133. The molecule has 0 aromatic heterocycles. The summed E-state index contributed by atoms with van der Waals surface area (Å²) in [5.41, 5.74) is 2.62. The van der Waals surface area contributed by atoms with Gasteiger partial charge in [-0.3, -0.25) is 4.18 Å². The van der Waals surface area contributed by atoms with Crippen molar-refractivity contribution in [2.24, 2.45) is 0 Å². The first-order valence-electron chi connectivity index (χ1n) is 2.13.